The molecule has 4 rings (SSSR count). The van der Waals surface area contributed by atoms with Crippen molar-refractivity contribution < 1.29 is 9.53 Å². The average molecular weight is 300 g/mol. The lowest BCUT2D eigenvalue weighted by molar-refractivity contribution is -0.122. The molecule has 0 bridgehead atoms. The molecule has 0 radical (unpaired) electrons. The number of hydrogen-bond acceptors (Lipinski definition) is 4. The number of rotatable bonds is 3. The number of benzene rings is 1. The van der Waals surface area contributed by atoms with Crippen LogP contribution in [0.3, 0.4) is 0 Å². The Morgan fingerprint density at radius 2 is 2.14 bits per heavy atom. The predicted molar refractivity (Wildman–Crippen MR) is 82.0 cm³/mol. The molecule has 1 saturated carbocycles. The molecule has 2 heterocycles. The first kappa shape index (κ1) is 13.0. The van der Waals surface area contributed by atoms with E-state index in [4.69, 9.17) is 4.74 Å². The highest BCUT2D eigenvalue weighted by Crippen LogP contribution is 2.31. The van der Waals surface area contributed by atoms with E-state index in [1.807, 2.05) is 5.38 Å². The minimum atomic E-state index is 0.115. The fourth-order valence-electron chi connectivity index (χ4n) is 2.67. The van der Waals surface area contributed by atoms with Crippen LogP contribution in [-0.4, -0.2) is 10.9 Å². The van der Waals surface area contributed by atoms with Crippen LogP contribution in [-0.2, 0) is 22.7 Å². The molecule has 2 aromatic rings. The molecule has 0 unspecified atom stereocenters. The lowest BCUT2D eigenvalue weighted by atomic mass is 9.85. The first-order valence-corrected chi connectivity index (χ1v) is 8.14. The lowest BCUT2D eigenvalue weighted by Gasteiger charge is -2.23. The fourth-order valence-corrected chi connectivity index (χ4v) is 3.40. The number of nitrogens with zero attached hydrogens (tertiary/aromatic N) is 1. The highest BCUT2D eigenvalue weighted by Gasteiger charge is 2.25. The zero-order valence-corrected chi connectivity index (χ0v) is 12.4. The van der Waals surface area contributed by atoms with E-state index >= 15 is 0 Å². The molecule has 5 heteroatoms. The van der Waals surface area contributed by atoms with Crippen molar-refractivity contribution in [1.29, 1.82) is 0 Å². The van der Waals surface area contributed by atoms with E-state index in [1.54, 1.807) is 0 Å². The van der Waals surface area contributed by atoms with Gasteiger partial charge in [-0.2, -0.15) is 0 Å². The monoisotopic (exact) mass is 300 g/mol. The summed E-state index contributed by atoms with van der Waals surface area (Å²) >= 11 is 1.48. The zero-order valence-electron chi connectivity index (χ0n) is 11.6. The van der Waals surface area contributed by atoms with Crippen LogP contribution in [0.15, 0.2) is 23.6 Å². The molecule has 1 aromatic carbocycles. The van der Waals surface area contributed by atoms with Crippen LogP contribution in [0.4, 0.5) is 5.13 Å². The van der Waals surface area contributed by atoms with Crippen molar-refractivity contribution in [3.63, 3.8) is 0 Å². The van der Waals surface area contributed by atoms with E-state index in [0.717, 1.165) is 24.1 Å². The Kier molecular flexibility index (Phi) is 3.24. The summed E-state index contributed by atoms with van der Waals surface area (Å²) in [6, 6.07) is 6.30. The maximum atomic E-state index is 11.9. The third-order valence-electron chi connectivity index (χ3n) is 4.23. The van der Waals surface area contributed by atoms with Gasteiger partial charge in [-0.1, -0.05) is 18.6 Å². The Hall–Kier alpha value is -1.72. The van der Waals surface area contributed by atoms with Crippen molar-refractivity contribution in [2.24, 2.45) is 5.92 Å². The van der Waals surface area contributed by atoms with Crippen LogP contribution >= 0.6 is 11.3 Å². The van der Waals surface area contributed by atoms with E-state index in [2.05, 4.69) is 28.5 Å². The van der Waals surface area contributed by atoms with Gasteiger partial charge in [0.2, 0.25) is 5.91 Å². The summed E-state index contributed by atoms with van der Waals surface area (Å²) < 4.78 is 5.43. The summed E-state index contributed by atoms with van der Waals surface area (Å²) in [4.78, 5) is 16.5. The molecule has 1 aliphatic heterocycles. The fraction of sp³-hybridized carbons (Fsp3) is 0.375. The number of nitrogens with one attached hydrogen (secondary N) is 1. The number of anilines is 1. The Morgan fingerprint density at radius 1 is 1.29 bits per heavy atom. The van der Waals surface area contributed by atoms with Crippen LogP contribution in [0, 0.1) is 5.92 Å². The molecule has 2 aliphatic rings. The molecule has 1 aromatic heterocycles. The maximum absolute atomic E-state index is 11.9. The topological polar surface area (TPSA) is 51.2 Å². The Labute approximate surface area is 127 Å². The molecule has 108 valence electrons. The van der Waals surface area contributed by atoms with Gasteiger partial charge in [0.15, 0.2) is 5.13 Å². The van der Waals surface area contributed by atoms with Gasteiger partial charge in [-0.15, -0.1) is 11.3 Å². The molecule has 4 nitrogen and oxygen atoms in total. The second-order valence-corrected chi connectivity index (χ2v) is 6.49. The Balaban J connectivity index is 1.52. The summed E-state index contributed by atoms with van der Waals surface area (Å²) in [7, 11) is 0. The van der Waals surface area contributed by atoms with Gasteiger partial charge >= 0.3 is 0 Å². The maximum Gasteiger partial charge on any atom is 0.229 e. The molecular weight excluding hydrogens is 284 g/mol. The molecule has 1 fully saturated rings. The van der Waals surface area contributed by atoms with Crippen molar-refractivity contribution in [2.45, 2.75) is 32.5 Å². The first-order chi connectivity index (χ1) is 10.3. The molecule has 21 heavy (non-hydrogen) atoms. The first-order valence-electron chi connectivity index (χ1n) is 7.26. The smallest absolute Gasteiger partial charge is 0.229 e. The number of carbonyl (C=O) groups excluding carboxylic acids is 1. The standard InChI is InChI=1S/C16H16N2O2S/c19-15(10-2-1-3-10)18-16-17-14(9-21-16)11-4-5-12-7-20-8-13(12)6-11/h4-6,9-10H,1-3,7-8H2,(H,17,18,19). The number of ether oxygens (including phenoxy) is 1. The molecule has 0 spiro atoms. The lowest BCUT2D eigenvalue weighted by Crippen LogP contribution is -2.27. The highest BCUT2D eigenvalue weighted by molar-refractivity contribution is 7.14. The zero-order chi connectivity index (χ0) is 14.2. The molecular formula is C16H16N2O2S. The SMILES string of the molecule is O=C(Nc1nc(-c2ccc3c(c2)COC3)cs1)C1CCC1. The van der Waals surface area contributed by atoms with Crippen molar-refractivity contribution in [3.05, 3.63) is 34.7 Å². The quantitative estimate of drug-likeness (QED) is 0.942. The van der Waals surface area contributed by atoms with Crippen molar-refractivity contribution >= 4 is 22.4 Å². The summed E-state index contributed by atoms with van der Waals surface area (Å²) in [5, 5.41) is 5.62. The second-order valence-electron chi connectivity index (χ2n) is 5.63. The molecule has 1 N–H and O–H groups in total. The van der Waals surface area contributed by atoms with Gasteiger partial charge in [0.1, 0.15) is 0 Å². The minimum absolute atomic E-state index is 0.115. The molecule has 0 saturated heterocycles. The summed E-state index contributed by atoms with van der Waals surface area (Å²) in [5.74, 6) is 0.305. The van der Waals surface area contributed by atoms with Crippen LogP contribution in [0.25, 0.3) is 11.3 Å². The van der Waals surface area contributed by atoms with Crippen LogP contribution in [0.2, 0.25) is 0 Å². The van der Waals surface area contributed by atoms with E-state index in [-0.39, 0.29) is 11.8 Å². The van der Waals surface area contributed by atoms with Gasteiger partial charge in [0.25, 0.3) is 0 Å². The summed E-state index contributed by atoms with van der Waals surface area (Å²) in [5.41, 5.74) is 4.49. The summed E-state index contributed by atoms with van der Waals surface area (Å²) in [6.07, 6.45) is 3.18. The van der Waals surface area contributed by atoms with Gasteiger partial charge in [0, 0.05) is 16.9 Å². The Bertz CT molecular complexity index is 691. The van der Waals surface area contributed by atoms with Crippen molar-refractivity contribution in [3.8, 4) is 11.3 Å². The van der Waals surface area contributed by atoms with E-state index in [1.165, 1.54) is 28.9 Å². The number of fused-ring (bicyclic) bond motifs is 1. The van der Waals surface area contributed by atoms with Crippen molar-refractivity contribution in [1.82, 2.24) is 4.98 Å². The number of aromatic nitrogens is 1. The molecule has 1 amide bonds. The number of carbonyl (C=O) groups is 1. The van der Waals surface area contributed by atoms with Gasteiger partial charge in [-0.3, -0.25) is 4.79 Å². The van der Waals surface area contributed by atoms with E-state index in [0.29, 0.717) is 18.3 Å². The van der Waals surface area contributed by atoms with Gasteiger partial charge in [-0.05, 0) is 30.0 Å². The van der Waals surface area contributed by atoms with Crippen LogP contribution in [0.1, 0.15) is 30.4 Å². The van der Waals surface area contributed by atoms with Gasteiger partial charge in [0.05, 0.1) is 18.9 Å². The van der Waals surface area contributed by atoms with E-state index in [9.17, 15) is 4.79 Å². The minimum Gasteiger partial charge on any atom is -0.372 e. The third-order valence-corrected chi connectivity index (χ3v) is 4.99. The third kappa shape index (κ3) is 2.47. The molecule has 0 atom stereocenters. The number of amides is 1. The van der Waals surface area contributed by atoms with E-state index < -0.39 is 0 Å². The predicted octanol–water partition coefficient (Wildman–Crippen LogP) is 3.58. The van der Waals surface area contributed by atoms with Crippen molar-refractivity contribution in [2.75, 3.05) is 5.32 Å². The number of thiazole rings is 1. The van der Waals surface area contributed by atoms with Gasteiger partial charge in [-0.25, -0.2) is 4.98 Å². The summed E-state index contributed by atoms with van der Waals surface area (Å²) in [6.45, 7) is 1.38. The molecule has 1 aliphatic carbocycles. The second kappa shape index (κ2) is 5.24. The van der Waals surface area contributed by atoms with Crippen LogP contribution in [0.5, 0.6) is 0 Å². The Morgan fingerprint density at radius 3 is 2.95 bits per heavy atom. The van der Waals surface area contributed by atoms with Gasteiger partial charge < -0.3 is 10.1 Å². The largest absolute Gasteiger partial charge is 0.372 e. The normalized spacial score (nSPS) is 17.3. The number of hydrogen-bond donors (Lipinski definition) is 1. The highest BCUT2D eigenvalue weighted by atomic mass is 32.1. The average Bonchev–Trinajstić information content (AvgIpc) is 3.03. The van der Waals surface area contributed by atoms with Crippen LogP contribution < -0.4 is 5.32 Å².